The minimum atomic E-state index is -0.152. The Morgan fingerprint density at radius 1 is 1.48 bits per heavy atom. The van der Waals surface area contributed by atoms with Crippen molar-refractivity contribution in [3.8, 4) is 0 Å². The number of thiazole rings is 1. The predicted molar refractivity (Wildman–Crippen MR) is 97.7 cm³/mol. The molecule has 0 spiro atoms. The standard InChI is InChI=1S/C19H24FN3OS/c1-2-17(24)22-18(19-21-9-11-25-19)15-7-5-10-23(13-15)12-14-6-3-4-8-16(14)20/h3-4,6,8-9,11,15,18H,2,5,7,10,12-13H2,1H3,(H,22,24)/t15-,18-/m0/s1. The van der Waals surface area contributed by atoms with Crippen molar-refractivity contribution in [3.05, 3.63) is 52.2 Å². The Hall–Kier alpha value is -1.79. The number of rotatable bonds is 6. The number of hydrogen-bond donors (Lipinski definition) is 1. The van der Waals surface area contributed by atoms with Crippen molar-refractivity contribution in [2.24, 2.45) is 5.92 Å². The normalized spacial score (nSPS) is 19.5. The summed E-state index contributed by atoms with van der Waals surface area (Å²) in [7, 11) is 0. The second-order valence-corrected chi connectivity index (χ2v) is 7.42. The maximum absolute atomic E-state index is 13.9. The van der Waals surface area contributed by atoms with Crippen LogP contribution in [0.25, 0.3) is 0 Å². The minimum Gasteiger partial charge on any atom is -0.347 e. The number of benzene rings is 1. The highest BCUT2D eigenvalue weighted by Crippen LogP contribution is 2.31. The first-order valence-corrected chi connectivity index (χ1v) is 9.70. The average molecular weight is 361 g/mol. The molecule has 1 amide bonds. The molecule has 0 unspecified atom stereocenters. The zero-order valence-electron chi connectivity index (χ0n) is 14.5. The Balaban J connectivity index is 1.71. The van der Waals surface area contributed by atoms with Crippen molar-refractivity contribution >= 4 is 17.2 Å². The van der Waals surface area contributed by atoms with Crippen LogP contribution in [0.2, 0.25) is 0 Å². The number of aromatic nitrogens is 1. The molecule has 6 heteroatoms. The number of piperidine rings is 1. The maximum Gasteiger partial charge on any atom is 0.220 e. The molecule has 25 heavy (non-hydrogen) atoms. The number of hydrogen-bond acceptors (Lipinski definition) is 4. The first kappa shape index (κ1) is 18.0. The molecule has 0 aliphatic carbocycles. The van der Waals surface area contributed by atoms with Gasteiger partial charge in [0.2, 0.25) is 5.91 Å². The molecule has 4 nitrogen and oxygen atoms in total. The summed E-state index contributed by atoms with van der Waals surface area (Å²) in [5, 5.41) is 6.05. The summed E-state index contributed by atoms with van der Waals surface area (Å²) in [4.78, 5) is 18.7. The van der Waals surface area contributed by atoms with E-state index >= 15 is 0 Å². The van der Waals surface area contributed by atoms with E-state index in [0.29, 0.717) is 18.9 Å². The Morgan fingerprint density at radius 2 is 2.32 bits per heavy atom. The van der Waals surface area contributed by atoms with Crippen molar-refractivity contribution < 1.29 is 9.18 Å². The van der Waals surface area contributed by atoms with E-state index in [9.17, 15) is 9.18 Å². The molecule has 1 aromatic carbocycles. The molecule has 1 fully saturated rings. The summed E-state index contributed by atoms with van der Waals surface area (Å²) in [6, 6.07) is 6.89. The molecule has 0 radical (unpaired) electrons. The molecular formula is C19H24FN3OS. The van der Waals surface area contributed by atoms with E-state index in [-0.39, 0.29) is 17.8 Å². The fourth-order valence-electron chi connectivity index (χ4n) is 3.42. The van der Waals surface area contributed by atoms with Crippen LogP contribution in [0, 0.1) is 11.7 Å². The number of likely N-dealkylation sites (tertiary alicyclic amines) is 1. The molecule has 2 heterocycles. The van der Waals surface area contributed by atoms with Crippen LogP contribution in [0.15, 0.2) is 35.8 Å². The van der Waals surface area contributed by atoms with E-state index in [4.69, 9.17) is 0 Å². The van der Waals surface area contributed by atoms with Crippen molar-refractivity contribution in [2.75, 3.05) is 13.1 Å². The van der Waals surface area contributed by atoms with Crippen molar-refractivity contribution in [2.45, 2.75) is 38.8 Å². The molecule has 0 bridgehead atoms. The van der Waals surface area contributed by atoms with E-state index in [0.717, 1.165) is 36.5 Å². The van der Waals surface area contributed by atoms with Crippen molar-refractivity contribution in [1.29, 1.82) is 0 Å². The van der Waals surface area contributed by atoms with Gasteiger partial charge in [0.15, 0.2) is 0 Å². The maximum atomic E-state index is 13.9. The zero-order chi connectivity index (χ0) is 17.6. The van der Waals surface area contributed by atoms with Crippen LogP contribution in [-0.2, 0) is 11.3 Å². The summed E-state index contributed by atoms with van der Waals surface area (Å²) in [6.45, 7) is 4.26. The molecule has 1 saturated heterocycles. The highest BCUT2D eigenvalue weighted by Gasteiger charge is 2.31. The first-order chi connectivity index (χ1) is 12.2. The van der Waals surface area contributed by atoms with Gasteiger partial charge >= 0.3 is 0 Å². The van der Waals surface area contributed by atoms with Gasteiger partial charge in [0, 0.05) is 36.7 Å². The van der Waals surface area contributed by atoms with E-state index in [2.05, 4.69) is 15.2 Å². The highest BCUT2D eigenvalue weighted by molar-refractivity contribution is 7.09. The van der Waals surface area contributed by atoms with Crippen LogP contribution in [0.3, 0.4) is 0 Å². The minimum absolute atomic E-state index is 0.0476. The van der Waals surface area contributed by atoms with E-state index in [1.807, 2.05) is 24.4 Å². The van der Waals surface area contributed by atoms with Gasteiger partial charge in [-0.3, -0.25) is 9.69 Å². The molecule has 1 aliphatic heterocycles. The van der Waals surface area contributed by atoms with Crippen molar-refractivity contribution in [3.63, 3.8) is 0 Å². The highest BCUT2D eigenvalue weighted by atomic mass is 32.1. The summed E-state index contributed by atoms with van der Waals surface area (Å²) in [5.74, 6) is 0.189. The lowest BCUT2D eigenvalue weighted by atomic mass is 9.90. The Labute approximate surface area is 152 Å². The fraction of sp³-hybridized carbons (Fsp3) is 0.474. The number of halogens is 1. The van der Waals surface area contributed by atoms with Gasteiger partial charge < -0.3 is 5.32 Å². The van der Waals surface area contributed by atoms with E-state index in [1.54, 1.807) is 23.6 Å². The number of nitrogens with zero attached hydrogens (tertiary/aromatic N) is 2. The molecule has 134 valence electrons. The molecule has 1 N–H and O–H groups in total. The van der Waals surface area contributed by atoms with E-state index in [1.165, 1.54) is 6.07 Å². The SMILES string of the molecule is CCC(=O)N[C@H](c1nccs1)[C@H]1CCCN(Cc2ccccc2F)C1. The topological polar surface area (TPSA) is 45.2 Å². The van der Waals surface area contributed by atoms with Gasteiger partial charge in [-0.05, 0) is 31.4 Å². The molecule has 2 atom stereocenters. The second kappa shape index (κ2) is 8.54. The van der Waals surface area contributed by atoms with Gasteiger partial charge in [0.05, 0.1) is 6.04 Å². The summed E-state index contributed by atoms with van der Waals surface area (Å²) in [6.07, 6.45) is 4.34. The van der Waals surface area contributed by atoms with Crippen LogP contribution < -0.4 is 5.32 Å². The average Bonchev–Trinajstić information content (AvgIpc) is 3.16. The number of amides is 1. The lowest BCUT2D eigenvalue weighted by Crippen LogP contribution is -2.42. The number of carbonyl (C=O) groups excluding carboxylic acids is 1. The smallest absolute Gasteiger partial charge is 0.220 e. The van der Waals surface area contributed by atoms with Crippen LogP contribution in [0.4, 0.5) is 4.39 Å². The van der Waals surface area contributed by atoms with Gasteiger partial charge in [-0.15, -0.1) is 11.3 Å². The van der Waals surface area contributed by atoms with E-state index < -0.39 is 0 Å². The van der Waals surface area contributed by atoms with Crippen LogP contribution >= 0.6 is 11.3 Å². The van der Waals surface area contributed by atoms with Gasteiger partial charge in [-0.1, -0.05) is 25.1 Å². The van der Waals surface area contributed by atoms with Gasteiger partial charge in [-0.2, -0.15) is 0 Å². The molecule has 3 rings (SSSR count). The van der Waals surface area contributed by atoms with Crippen LogP contribution in [0.1, 0.15) is 42.8 Å². The lowest BCUT2D eigenvalue weighted by Gasteiger charge is -2.36. The Bertz CT molecular complexity index is 692. The largest absolute Gasteiger partial charge is 0.347 e. The Kier molecular flexibility index (Phi) is 6.15. The van der Waals surface area contributed by atoms with Gasteiger partial charge in [-0.25, -0.2) is 9.37 Å². The molecular weight excluding hydrogens is 337 g/mol. The van der Waals surface area contributed by atoms with Crippen molar-refractivity contribution in [1.82, 2.24) is 15.2 Å². The predicted octanol–water partition coefficient (Wildman–Crippen LogP) is 3.76. The number of nitrogens with one attached hydrogen (secondary N) is 1. The zero-order valence-corrected chi connectivity index (χ0v) is 15.3. The number of carbonyl (C=O) groups is 1. The monoisotopic (exact) mass is 361 g/mol. The third-order valence-electron chi connectivity index (χ3n) is 4.72. The van der Waals surface area contributed by atoms with Crippen LogP contribution in [0.5, 0.6) is 0 Å². The second-order valence-electron chi connectivity index (χ2n) is 6.50. The van der Waals surface area contributed by atoms with Crippen LogP contribution in [-0.4, -0.2) is 28.9 Å². The summed E-state index contributed by atoms with van der Waals surface area (Å²) in [5.41, 5.74) is 0.728. The lowest BCUT2D eigenvalue weighted by molar-refractivity contribution is -0.122. The quantitative estimate of drug-likeness (QED) is 0.852. The fourth-order valence-corrected chi connectivity index (χ4v) is 4.20. The molecule has 1 aromatic heterocycles. The van der Waals surface area contributed by atoms with Gasteiger partial charge in [0.1, 0.15) is 10.8 Å². The third-order valence-corrected chi connectivity index (χ3v) is 5.58. The molecule has 1 aliphatic rings. The Morgan fingerprint density at radius 3 is 3.04 bits per heavy atom. The third kappa shape index (κ3) is 4.64. The van der Waals surface area contributed by atoms with Gasteiger partial charge in [0.25, 0.3) is 0 Å². The summed E-state index contributed by atoms with van der Waals surface area (Å²) < 4.78 is 13.9. The first-order valence-electron chi connectivity index (χ1n) is 8.82. The summed E-state index contributed by atoms with van der Waals surface area (Å²) >= 11 is 1.58. The molecule has 2 aromatic rings. The molecule has 0 saturated carbocycles.